The summed E-state index contributed by atoms with van der Waals surface area (Å²) >= 11 is 0. The van der Waals surface area contributed by atoms with Crippen molar-refractivity contribution >= 4 is 5.97 Å². The van der Waals surface area contributed by atoms with Crippen molar-refractivity contribution in [3.8, 4) is 0 Å². The second-order valence-electron chi connectivity index (χ2n) is 5.09. The molecule has 0 N–H and O–H groups in total. The topological polar surface area (TPSA) is 26.3 Å². The molecular formula is C15H30O2. The molecule has 0 aliphatic rings. The van der Waals surface area contributed by atoms with Crippen molar-refractivity contribution in [1.29, 1.82) is 0 Å². The maximum Gasteiger partial charge on any atom is 0.305 e. The molecule has 0 rings (SSSR count). The molecule has 0 aliphatic heterocycles. The van der Waals surface area contributed by atoms with Crippen LogP contribution in [0, 0.1) is 5.92 Å². The van der Waals surface area contributed by atoms with Crippen LogP contribution in [0.5, 0.6) is 0 Å². The summed E-state index contributed by atoms with van der Waals surface area (Å²) in [7, 11) is 0. The molecule has 0 bridgehead atoms. The molecule has 0 heterocycles. The van der Waals surface area contributed by atoms with E-state index in [0.717, 1.165) is 12.8 Å². The number of ether oxygens (including phenoxy) is 1. The predicted octanol–water partition coefficient (Wildman–Crippen LogP) is 4.72. The van der Waals surface area contributed by atoms with Gasteiger partial charge in [0.2, 0.25) is 0 Å². The fourth-order valence-corrected chi connectivity index (χ4v) is 1.83. The van der Waals surface area contributed by atoms with E-state index < -0.39 is 0 Å². The summed E-state index contributed by atoms with van der Waals surface area (Å²) in [6.45, 7) is 7.16. The summed E-state index contributed by atoms with van der Waals surface area (Å²) in [5.41, 5.74) is 0. The van der Waals surface area contributed by atoms with Crippen molar-refractivity contribution in [2.24, 2.45) is 5.92 Å². The molecule has 1 atom stereocenters. The van der Waals surface area contributed by atoms with Crippen LogP contribution in [0.2, 0.25) is 0 Å². The summed E-state index contributed by atoms with van der Waals surface area (Å²) < 4.78 is 5.28. The third-order valence-corrected chi connectivity index (χ3v) is 3.06. The van der Waals surface area contributed by atoms with E-state index in [1.165, 1.54) is 38.5 Å². The molecule has 1 unspecified atom stereocenters. The van der Waals surface area contributed by atoms with Crippen LogP contribution in [0.4, 0.5) is 0 Å². The van der Waals surface area contributed by atoms with Gasteiger partial charge in [-0.2, -0.15) is 0 Å². The van der Waals surface area contributed by atoms with Gasteiger partial charge in [-0.15, -0.1) is 0 Å². The molecule has 0 spiro atoms. The lowest BCUT2D eigenvalue weighted by atomic mass is 10.0. The molecule has 0 fully saturated rings. The van der Waals surface area contributed by atoms with Crippen molar-refractivity contribution in [3.63, 3.8) is 0 Å². The summed E-state index contributed by atoms with van der Waals surface area (Å²) in [5, 5.41) is 0. The average Bonchev–Trinajstić information content (AvgIpc) is 2.32. The molecule has 0 saturated heterocycles. The second kappa shape index (κ2) is 11.9. The quantitative estimate of drug-likeness (QED) is 0.387. The fraction of sp³-hybridized carbons (Fsp3) is 0.933. The highest BCUT2D eigenvalue weighted by Gasteiger charge is 2.06. The van der Waals surface area contributed by atoms with Gasteiger partial charge in [-0.25, -0.2) is 0 Å². The van der Waals surface area contributed by atoms with Crippen molar-refractivity contribution in [2.45, 2.75) is 78.6 Å². The van der Waals surface area contributed by atoms with Crippen molar-refractivity contribution < 1.29 is 9.53 Å². The highest BCUT2D eigenvalue weighted by atomic mass is 16.5. The number of carbonyl (C=O) groups excluding carboxylic acids is 1. The molecule has 0 aromatic carbocycles. The summed E-state index contributed by atoms with van der Waals surface area (Å²) in [4.78, 5) is 11.4. The highest BCUT2D eigenvalue weighted by Crippen LogP contribution is 2.10. The van der Waals surface area contributed by atoms with Crippen LogP contribution in [0.25, 0.3) is 0 Å². The van der Waals surface area contributed by atoms with E-state index >= 15 is 0 Å². The Labute approximate surface area is 107 Å². The Morgan fingerprint density at radius 1 is 1.00 bits per heavy atom. The number of rotatable bonds is 11. The summed E-state index contributed by atoms with van der Waals surface area (Å²) in [5.74, 6) is 0.504. The molecule has 0 aliphatic carbocycles. The van der Waals surface area contributed by atoms with E-state index in [9.17, 15) is 4.79 Å². The minimum absolute atomic E-state index is 0.0107. The van der Waals surface area contributed by atoms with Crippen molar-refractivity contribution in [3.05, 3.63) is 0 Å². The molecule has 0 saturated carbocycles. The van der Waals surface area contributed by atoms with Crippen LogP contribution >= 0.6 is 0 Å². The number of hydrogen-bond donors (Lipinski definition) is 0. The minimum Gasteiger partial charge on any atom is -0.465 e. The molecule has 0 aromatic rings. The Morgan fingerprint density at radius 3 is 2.29 bits per heavy atom. The van der Waals surface area contributed by atoms with Crippen LogP contribution in [0.1, 0.15) is 78.6 Å². The molecule has 0 radical (unpaired) electrons. The standard InChI is InChI=1S/C15H30O2/c1-4-6-8-10-12-15(16)17-13-14(3)11-9-7-5-2/h14H,4-13H2,1-3H3. The van der Waals surface area contributed by atoms with Gasteiger partial charge in [0.15, 0.2) is 0 Å². The highest BCUT2D eigenvalue weighted by molar-refractivity contribution is 5.69. The SMILES string of the molecule is CCCCCCC(=O)OCC(C)CCCCC. The van der Waals surface area contributed by atoms with Gasteiger partial charge in [0.1, 0.15) is 0 Å². The fourth-order valence-electron chi connectivity index (χ4n) is 1.83. The third-order valence-electron chi connectivity index (χ3n) is 3.06. The van der Waals surface area contributed by atoms with E-state index in [0.29, 0.717) is 18.9 Å². The van der Waals surface area contributed by atoms with Crippen LogP contribution in [-0.4, -0.2) is 12.6 Å². The van der Waals surface area contributed by atoms with Gasteiger partial charge in [0, 0.05) is 6.42 Å². The Morgan fingerprint density at radius 2 is 1.65 bits per heavy atom. The lowest BCUT2D eigenvalue weighted by Gasteiger charge is -2.11. The first kappa shape index (κ1) is 16.5. The predicted molar refractivity (Wildman–Crippen MR) is 73.0 cm³/mol. The zero-order chi connectivity index (χ0) is 12.9. The number of unbranched alkanes of at least 4 members (excludes halogenated alkanes) is 5. The lowest BCUT2D eigenvalue weighted by molar-refractivity contribution is -0.145. The van der Waals surface area contributed by atoms with Crippen LogP contribution in [0.3, 0.4) is 0 Å². The van der Waals surface area contributed by atoms with Gasteiger partial charge >= 0.3 is 5.97 Å². The minimum atomic E-state index is -0.0107. The smallest absolute Gasteiger partial charge is 0.305 e. The molecule has 2 heteroatoms. The maximum absolute atomic E-state index is 11.4. The molecule has 17 heavy (non-hydrogen) atoms. The largest absolute Gasteiger partial charge is 0.465 e. The molecular weight excluding hydrogens is 212 g/mol. The molecule has 0 aromatic heterocycles. The van der Waals surface area contributed by atoms with Crippen LogP contribution in [-0.2, 0) is 9.53 Å². The normalized spacial score (nSPS) is 12.4. The van der Waals surface area contributed by atoms with Crippen molar-refractivity contribution in [2.75, 3.05) is 6.61 Å². The summed E-state index contributed by atoms with van der Waals surface area (Å²) in [6.07, 6.45) is 10.1. The van der Waals surface area contributed by atoms with Gasteiger partial charge < -0.3 is 4.74 Å². The maximum atomic E-state index is 11.4. The Balaban J connectivity index is 3.36. The first-order valence-corrected chi connectivity index (χ1v) is 7.36. The molecule has 0 amide bonds. The Bertz CT molecular complexity index is 178. The van der Waals surface area contributed by atoms with Gasteiger partial charge in [0.25, 0.3) is 0 Å². The first-order valence-electron chi connectivity index (χ1n) is 7.36. The number of carbonyl (C=O) groups is 1. The second-order valence-corrected chi connectivity index (χ2v) is 5.09. The lowest BCUT2D eigenvalue weighted by Crippen LogP contribution is -2.11. The monoisotopic (exact) mass is 242 g/mol. The summed E-state index contributed by atoms with van der Waals surface area (Å²) in [6, 6.07) is 0. The van der Waals surface area contributed by atoms with E-state index in [4.69, 9.17) is 4.74 Å². The van der Waals surface area contributed by atoms with Gasteiger partial charge in [-0.1, -0.05) is 59.3 Å². The van der Waals surface area contributed by atoms with E-state index in [2.05, 4.69) is 20.8 Å². The van der Waals surface area contributed by atoms with Crippen LogP contribution < -0.4 is 0 Å². The van der Waals surface area contributed by atoms with Crippen molar-refractivity contribution in [1.82, 2.24) is 0 Å². The van der Waals surface area contributed by atoms with Gasteiger partial charge in [0.05, 0.1) is 6.61 Å². The van der Waals surface area contributed by atoms with E-state index in [-0.39, 0.29) is 5.97 Å². The van der Waals surface area contributed by atoms with Gasteiger partial charge in [-0.3, -0.25) is 4.79 Å². The van der Waals surface area contributed by atoms with E-state index in [1.807, 2.05) is 0 Å². The third kappa shape index (κ3) is 11.7. The van der Waals surface area contributed by atoms with E-state index in [1.54, 1.807) is 0 Å². The first-order chi connectivity index (χ1) is 8.20. The zero-order valence-electron chi connectivity index (χ0n) is 12.0. The number of esters is 1. The Kier molecular flexibility index (Phi) is 11.6. The van der Waals surface area contributed by atoms with Crippen LogP contribution in [0.15, 0.2) is 0 Å². The van der Waals surface area contributed by atoms with Gasteiger partial charge in [-0.05, 0) is 18.8 Å². The molecule has 2 nitrogen and oxygen atoms in total. The number of hydrogen-bond acceptors (Lipinski definition) is 2. The Hall–Kier alpha value is -0.530. The zero-order valence-corrected chi connectivity index (χ0v) is 12.0. The average molecular weight is 242 g/mol. The molecule has 102 valence electrons.